The van der Waals surface area contributed by atoms with Crippen molar-refractivity contribution in [3.05, 3.63) is 113 Å². The number of ether oxygens (including phenoxy) is 2. The van der Waals surface area contributed by atoms with Crippen molar-refractivity contribution in [1.29, 1.82) is 0 Å². The van der Waals surface area contributed by atoms with Crippen LogP contribution >= 0.6 is 11.3 Å². The van der Waals surface area contributed by atoms with E-state index in [0.717, 1.165) is 16.9 Å². The van der Waals surface area contributed by atoms with Gasteiger partial charge in [-0.1, -0.05) is 41.7 Å². The molecule has 0 amide bonds. The van der Waals surface area contributed by atoms with Gasteiger partial charge in [0.05, 0.1) is 51.6 Å². The van der Waals surface area contributed by atoms with Crippen molar-refractivity contribution in [2.24, 2.45) is 4.99 Å². The van der Waals surface area contributed by atoms with E-state index < -0.39 is 16.9 Å². The van der Waals surface area contributed by atoms with Crippen LogP contribution in [-0.2, 0) is 9.53 Å². The van der Waals surface area contributed by atoms with E-state index in [2.05, 4.69) is 4.99 Å². The van der Waals surface area contributed by atoms with Crippen LogP contribution in [0.4, 0.5) is 5.69 Å². The summed E-state index contributed by atoms with van der Waals surface area (Å²) in [5.74, 6) is 0.418. The largest absolute Gasteiger partial charge is 0.497 e. The van der Waals surface area contributed by atoms with Crippen molar-refractivity contribution in [3.63, 3.8) is 0 Å². The summed E-state index contributed by atoms with van der Waals surface area (Å²) in [5, 5.41) is 11.6. The number of fused-ring (bicyclic) bond motifs is 1. The summed E-state index contributed by atoms with van der Waals surface area (Å²) in [6.45, 7) is 5.25. The number of aromatic nitrogens is 1. The van der Waals surface area contributed by atoms with Gasteiger partial charge in [0.25, 0.3) is 11.2 Å². The molecule has 2 aromatic carbocycles. The average Bonchev–Trinajstić information content (AvgIpc) is 3.51. The van der Waals surface area contributed by atoms with Gasteiger partial charge < -0.3 is 13.9 Å². The summed E-state index contributed by atoms with van der Waals surface area (Å²) in [6.07, 6.45) is 1.22. The fraction of sp³-hybridized carbons (Fsp3) is 0.207. The van der Waals surface area contributed by atoms with Gasteiger partial charge in [-0.2, -0.15) is 0 Å². The lowest BCUT2D eigenvalue weighted by atomic mass is 9.96. The highest BCUT2D eigenvalue weighted by Crippen LogP contribution is 2.34. The molecule has 10 nitrogen and oxygen atoms in total. The molecule has 0 fully saturated rings. The first kappa shape index (κ1) is 26.8. The lowest BCUT2D eigenvalue weighted by molar-refractivity contribution is -0.384. The number of esters is 1. The van der Waals surface area contributed by atoms with Crippen LogP contribution < -0.4 is 19.6 Å². The smallest absolute Gasteiger partial charge is 0.338 e. The predicted molar refractivity (Wildman–Crippen MR) is 149 cm³/mol. The Morgan fingerprint density at radius 2 is 1.93 bits per heavy atom. The van der Waals surface area contributed by atoms with E-state index in [1.165, 1.54) is 17.7 Å². The second kappa shape index (κ2) is 10.8. The summed E-state index contributed by atoms with van der Waals surface area (Å²) in [7, 11) is 1.43. The minimum Gasteiger partial charge on any atom is -0.497 e. The number of furan rings is 1. The molecule has 2 aromatic heterocycles. The Kier molecular flexibility index (Phi) is 7.22. The molecule has 5 rings (SSSR count). The minimum atomic E-state index is -0.722. The Labute approximate surface area is 232 Å². The van der Waals surface area contributed by atoms with E-state index in [4.69, 9.17) is 13.9 Å². The van der Waals surface area contributed by atoms with Crippen LogP contribution in [0, 0.1) is 10.1 Å². The van der Waals surface area contributed by atoms with Crippen LogP contribution in [0.2, 0.25) is 0 Å². The maximum Gasteiger partial charge on any atom is 0.338 e. The number of hydrogen-bond donors (Lipinski definition) is 0. The molecule has 0 spiro atoms. The predicted octanol–water partition coefficient (Wildman–Crippen LogP) is 4.36. The highest BCUT2D eigenvalue weighted by Gasteiger charge is 2.33. The van der Waals surface area contributed by atoms with Crippen LogP contribution in [-0.4, -0.2) is 28.7 Å². The maximum atomic E-state index is 13.8. The first-order valence-electron chi connectivity index (χ1n) is 12.4. The van der Waals surface area contributed by atoms with Crippen molar-refractivity contribution in [2.75, 3.05) is 7.11 Å². The normalized spacial score (nSPS) is 15.1. The number of allylic oxidation sites excluding steroid dienone is 1. The lowest BCUT2D eigenvalue weighted by Gasteiger charge is -2.25. The van der Waals surface area contributed by atoms with Crippen LogP contribution in [0.1, 0.15) is 38.1 Å². The average molecular weight is 560 g/mol. The highest BCUT2D eigenvalue weighted by molar-refractivity contribution is 7.07. The van der Waals surface area contributed by atoms with Crippen LogP contribution in [0.5, 0.6) is 5.75 Å². The third-order valence-corrected chi connectivity index (χ3v) is 7.25. The zero-order valence-corrected chi connectivity index (χ0v) is 22.9. The summed E-state index contributed by atoms with van der Waals surface area (Å²) < 4.78 is 18.3. The van der Waals surface area contributed by atoms with Gasteiger partial charge >= 0.3 is 5.97 Å². The number of benzene rings is 2. The first-order valence-corrected chi connectivity index (χ1v) is 13.2. The standard InChI is InChI=1S/C29H25N3O7S/c1-16(2)38-28(34)25-17(3)30-29-31(26(25)18-8-6-5-7-9-18)27(33)24(40-29)15-20-11-13-23(39-20)21-12-10-19(37-4)14-22(21)32(35)36/h5-16,26H,1-4H3. The molecule has 1 aliphatic heterocycles. The number of rotatable bonds is 7. The molecule has 0 radical (unpaired) electrons. The SMILES string of the molecule is COc1ccc(-c2ccc(C=c3sc4n(c3=O)C(c3ccccc3)C(C(=O)OC(C)C)=C(C)N=4)o2)c([N+](=O)[O-])c1. The Morgan fingerprint density at radius 1 is 1.18 bits per heavy atom. The molecule has 3 heterocycles. The number of nitro benzene ring substituents is 1. The molecule has 204 valence electrons. The van der Waals surface area contributed by atoms with Gasteiger partial charge in [0, 0.05) is 6.08 Å². The Morgan fingerprint density at radius 3 is 2.60 bits per heavy atom. The fourth-order valence-corrected chi connectivity index (χ4v) is 5.54. The van der Waals surface area contributed by atoms with E-state index in [9.17, 15) is 19.7 Å². The Bertz CT molecular complexity index is 1830. The van der Waals surface area contributed by atoms with Crippen molar-refractivity contribution in [1.82, 2.24) is 4.57 Å². The van der Waals surface area contributed by atoms with Crippen LogP contribution in [0.25, 0.3) is 17.4 Å². The van der Waals surface area contributed by atoms with Crippen molar-refractivity contribution in [2.45, 2.75) is 32.9 Å². The van der Waals surface area contributed by atoms with Gasteiger partial charge in [-0.25, -0.2) is 9.79 Å². The lowest BCUT2D eigenvalue weighted by Crippen LogP contribution is -2.40. The summed E-state index contributed by atoms with van der Waals surface area (Å²) in [6, 6.07) is 16.2. The summed E-state index contributed by atoms with van der Waals surface area (Å²) in [5.41, 5.74) is 1.27. The fourth-order valence-electron chi connectivity index (χ4n) is 4.51. The topological polar surface area (TPSA) is 126 Å². The molecular weight excluding hydrogens is 534 g/mol. The quantitative estimate of drug-likeness (QED) is 0.187. The molecule has 40 heavy (non-hydrogen) atoms. The molecule has 0 aliphatic carbocycles. The van der Waals surface area contributed by atoms with E-state index in [1.807, 2.05) is 30.3 Å². The molecule has 1 unspecified atom stereocenters. The number of carbonyl (C=O) groups is 1. The number of nitro groups is 1. The number of carbonyl (C=O) groups excluding carboxylic acids is 1. The van der Waals surface area contributed by atoms with Crippen LogP contribution in [0.15, 0.2) is 86.1 Å². The molecule has 0 bridgehead atoms. The second-order valence-electron chi connectivity index (χ2n) is 9.29. The monoisotopic (exact) mass is 559 g/mol. The second-order valence-corrected chi connectivity index (χ2v) is 10.3. The number of nitrogens with zero attached hydrogens (tertiary/aromatic N) is 3. The van der Waals surface area contributed by atoms with Crippen LogP contribution in [0.3, 0.4) is 0 Å². The third kappa shape index (κ3) is 4.98. The van der Waals surface area contributed by atoms with Gasteiger partial charge in [0.2, 0.25) is 0 Å². The molecule has 0 saturated carbocycles. The number of thiazole rings is 1. The van der Waals surface area contributed by atoms with E-state index >= 15 is 0 Å². The summed E-state index contributed by atoms with van der Waals surface area (Å²) in [4.78, 5) is 43.0. The zero-order valence-electron chi connectivity index (χ0n) is 22.1. The van der Waals surface area contributed by atoms with Gasteiger partial charge in [0.1, 0.15) is 17.3 Å². The van der Waals surface area contributed by atoms with Gasteiger partial charge in [-0.3, -0.25) is 19.5 Å². The molecule has 4 aromatic rings. The van der Waals surface area contributed by atoms with Gasteiger partial charge in [-0.05, 0) is 50.6 Å². The van der Waals surface area contributed by atoms with Crippen molar-refractivity contribution >= 4 is 29.1 Å². The van der Waals surface area contributed by atoms with Crippen molar-refractivity contribution in [3.8, 4) is 17.1 Å². The van der Waals surface area contributed by atoms with E-state index in [0.29, 0.717) is 32.1 Å². The third-order valence-electron chi connectivity index (χ3n) is 6.27. The highest BCUT2D eigenvalue weighted by atomic mass is 32.1. The maximum absolute atomic E-state index is 13.8. The van der Waals surface area contributed by atoms with Crippen molar-refractivity contribution < 1.29 is 23.6 Å². The molecule has 0 N–H and O–H groups in total. The van der Waals surface area contributed by atoms with E-state index in [-0.39, 0.29) is 28.7 Å². The number of hydrogen-bond acceptors (Lipinski definition) is 9. The molecule has 1 aliphatic rings. The minimum absolute atomic E-state index is 0.168. The first-order chi connectivity index (χ1) is 19.2. The zero-order chi connectivity index (χ0) is 28.6. The Balaban J connectivity index is 1.61. The van der Waals surface area contributed by atoms with Gasteiger partial charge in [0.15, 0.2) is 4.80 Å². The Hall–Kier alpha value is -4.77. The van der Waals surface area contributed by atoms with Gasteiger partial charge in [-0.15, -0.1) is 0 Å². The molecule has 0 saturated heterocycles. The molecular formula is C29H25N3O7S. The van der Waals surface area contributed by atoms with E-state index in [1.54, 1.807) is 51.1 Å². The molecule has 1 atom stereocenters. The summed E-state index contributed by atoms with van der Waals surface area (Å²) >= 11 is 1.16. The molecule has 11 heteroatoms. The number of methoxy groups -OCH3 is 1.